The molecule has 0 spiro atoms. The maximum Gasteiger partial charge on any atom is 0.231 e. The van der Waals surface area contributed by atoms with Crippen LogP contribution in [0.3, 0.4) is 0 Å². The molecule has 2 rings (SSSR count). The normalized spacial score (nSPS) is 10.9. The first-order valence-electron chi connectivity index (χ1n) is 6.26. The van der Waals surface area contributed by atoms with E-state index < -0.39 is 11.8 Å². The minimum atomic E-state index is -0.645. The summed E-state index contributed by atoms with van der Waals surface area (Å²) in [5, 5.41) is 0.803. The van der Waals surface area contributed by atoms with Crippen LogP contribution in [0.4, 0.5) is 0 Å². The Kier molecular flexibility index (Phi) is 4.34. The number of carbonyl (C=O) groups excluding carboxylic acids is 3. The molecule has 0 radical (unpaired) electrons. The summed E-state index contributed by atoms with van der Waals surface area (Å²) in [6.45, 7) is -0.629. The number of carbonyl (C=O) groups is 3. The molecule has 0 aliphatic carbocycles. The fraction of sp³-hybridized carbons (Fsp3) is 0.214. The van der Waals surface area contributed by atoms with Gasteiger partial charge in [-0.05, 0) is 12.1 Å². The third-order valence-corrected chi connectivity index (χ3v) is 2.83. The molecule has 0 saturated carbocycles. The molecule has 21 heavy (non-hydrogen) atoms. The van der Waals surface area contributed by atoms with Crippen LogP contribution in [-0.4, -0.2) is 42.1 Å². The number of nitrogens with zero attached hydrogens (tertiary/aromatic N) is 1. The van der Waals surface area contributed by atoms with Gasteiger partial charge in [-0.2, -0.15) is 0 Å². The van der Waals surface area contributed by atoms with Crippen LogP contribution >= 0.6 is 0 Å². The van der Waals surface area contributed by atoms with Gasteiger partial charge in [0.05, 0.1) is 19.6 Å². The van der Waals surface area contributed by atoms with Crippen LogP contribution in [0, 0.1) is 0 Å². The topological polar surface area (TPSA) is 120 Å². The molecule has 0 bridgehead atoms. The van der Waals surface area contributed by atoms with Gasteiger partial charge in [-0.15, -0.1) is 0 Å². The van der Waals surface area contributed by atoms with Gasteiger partial charge in [-0.3, -0.25) is 19.3 Å². The highest BCUT2D eigenvalue weighted by Gasteiger charge is 2.19. The highest BCUT2D eigenvalue weighted by molar-refractivity contribution is 5.99. The standard InChI is InChI=1S/C14H15N3O4/c15-13(19)7-17(8-14(16)20)6-10(18)12-5-9-3-1-2-4-11(9)21-12/h1-5H,6-8H2,(H2,15,19)(H2,16,20). The lowest BCUT2D eigenvalue weighted by molar-refractivity contribution is -0.121. The van der Waals surface area contributed by atoms with Crippen molar-refractivity contribution >= 4 is 28.6 Å². The van der Waals surface area contributed by atoms with Crippen molar-refractivity contribution in [2.75, 3.05) is 19.6 Å². The molecule has 0 aliphatic rings. The van der Waals surface area contributed by atoms with E-state index in [0.717, 1.165) is 5.39 Å². The first-order valence-corrected chi connectivity index (χ1v) is 6.26. The van der Waals surface area contributed by atoms with Crippen LogP contribution in [0.2, 0.25) is 0 Å². The molecule has 2 aromatic rings. The van der Waals surface area contributed by atoms with E-state index in [2.05, 4.69) is 0 Å². The average Bonchev–Trinajstić information content (AvgIpc) is 2.80. The zero-order valence-electron chi connectivity index (χ0n) is 11.2. The Morgan fingerprint density at radius 3 is 2.19 bits per heavy atom. The van der Waals surface area contributed by atoms with Gasteiger partial charge < -0.3 is 15.9 Å². The van der Waals surface area contributed by atoms with Crippen molar-refractivity contribution in [3.8, 4) is 0 Å². The monoisotopic (exact) mass is 289 g/mol. The summed E-state index contributed by atoms with van der Waals surface area (Å²) < 4.78 is 5.43. The Morgan fingerprint density at radius 1 is 1.00 bits per heavy atom. The lowest BCUT2D eigenvalue weighted by atomic mass is 10.2. The van der Waals surface area contributed by atoms with Crippen molar-refractivity contribution in [3.63, 3.8) is 0 Å². The summed E-state index contributed by atoms with van der Waals surface area (Å²) >= 11 is 0. The largest absolute Gasteiger partial charge is 0.453 e. The Labute approximate surface area is 120 Å². The number of benzene rings is 1. The van der Waals surface area contributed by atoms with Gasteiger partial charge in [0, 0.05) is 5.39 Å². The van der Waals surface area contributed by atoms with Crippen LogP contribution in [-0.2, 0) is 9.59 Å². The van der Waals surface area contributed by atoms with Gasteiger partial charge >= 0.3 is 0 Å². The van der Waals surface area contributed by atoms with Crippen LogP contribution in [0.5, 0.6) is 0 Å². The summed E-state index contributed by atoms with van der Waals surface area (Å²) in [6, 6.07) is 8.81. The number of ketones is 1. The van der Waals surface area contributed by atoms with Gasteiger partial charge in [0.2, 0.25) is 17.6 Å². The molecule has 1 aromatic heterocycles. The Bertz CT molecular complexity index is 643. The van der Waals surface area contributed by atoms with Gasteiger partial charge in [0.25, 0.3) is 0 Å². The molecule has 1 aromatic carbocycles. The molecular weight excluding hydrogens is 274 g/mol. The van der Waals surface area contributed by atoms with Gasteiger partial charge in [-0.1, -0.05) is 18.2 Å². The van der Waals surface area contributed by atoms with Crippen molar-refractivity contribution < 1.29 is 18.8 Å². The quantitative estimate of drug-likeness (QED) is 0.689. The first kappa shape index (κ1) is 14.7. The zero-order chi connectivity index (χ0) is 15.4. The molecule has 110 valence electrons. The Balaban J connectivity index is 2.13. The number of hydrogen-bond donors (Lipinski definition) is 2. The van der Waals surface area contributed by atoms with Crippen molar-refractivity contribution in [2.45, 2.75) is 0 Å². The van der Waals surface area contributed by atoms with Crippen molar-refractivity contribution in [1.29, 1.82) is 0 Å². The summed E-state index contributed by atoms with van der Waals surface area (Å²) in [6.07, 6.45) is 0. The van der Waals surface area contributed by atoms with Crippen LogP contribution in [0.25, 0.3) is 11.0 Å². The van der Waals surface area contributed by atoms with E-state index in [1.165, 1.54) is 4.90 Å². The maximum absolute atomic E-state index is 12.1. The Morgan fingerprint density at radius 2 is 1.62 bits per heavy atom. The highest BCUT2D eigenvalue weighted by Crippen LogP contribution is 2.19. The number of fused-ring (bicyclic) bond motifs is 1. The second-order valence-electron chi connectivity index (χ2n) is 4.65. The van der Waals surface area contributed by atoms with Gasteiger partial charge in [0.15, 0.2) is 5.76 Å². The van der Waals surface area contributed by atoms with E-state index in [-0.39, 0.29) is 31.2 Å². The fourth-order valence-corrected chi connectivity index (χ4v) is 2.01. The van der Waals surface area contributed by atoms with E-state index in [1.54, 1.807) is 18.2 Å². The number of Topliss-reactive ketones (excluding diaryl/α,β-unsaturated/α-hetero) is 1. The molecule has 2 amide bonds. The first-order chi connectivity index (χ1) is 9.95. The number of furan rings is 1. The number of hydrogen-bond acceptors (Lipinski definition) is 5. The van der Waals surface area contributed by atoms with Crippen LogP contribution in [0.1, 0.15) is 10.6 Å². The van der Waals surface area contributed by atoms with Crippen LogP contribution in [0.15, 0.2) is 34.7 Å². The summed E-state index contributed by atoms with van der Waals surface area (Å²) in [4.78, 5) is 35.3. The number of primary amides is 2. The fourth-order valence-electron chi connectivity index (χ4n) is 2.01. The Hall–Kier alpha value is -2.67. The predicted molar refractivity (Wildman–Crippen MR) is 75.4 cm³/mol. The molecule has 7 heteroatoms. The van der Waals surface area contributed by atoms with Gasteiger partial charge in [-0.25, -0.2) is 0 Å². The number of para-hydroxylation sites is 1. The number of nitrogens with two attached hydrogens (primary N) is 2. The molecular formula is C14H15N3O4. The SMILES string of the molecule is NC(=O)CN(CC(N)=O)CC(=O)c1cc2ccccc2o1. The molecule has 7 nitrogen and oxygen atoms in total. The second-order valence-corrected chi connectivity index (χ2v) is 4.65. The molecule has 0 saturated heterocycles. The minimum Gasteiger partial charge on any atom is -0.453 e. The zero-order valence-corrected chi connectivity index (χ0v) is 11.2. The minimum absolute atomic E-state index is 0.162. The highest BCUT2D eigenvalue weighted by atomic mass is 16.3. The van der Waals surface area contributed by atoms with E-state index >= 15 is 0 Å². The molecule has 0 atom stereocenters. The van der Waals surface area contributed by atoms with E-state index in [1.807, 2.05) is 12.1 Å². The predicted octanol–water partition coefficient (Wildman–Crippen LogP) is -0.112. The summed E-state index contributed by atoms with van der Waals surface area (Å²) in [5.74, 6) is -1.48. The van der Waals surface area contributed by atoms with Crippen molar-refractivity contribution in [2.24, 2.45) is 11.5 Å². The smallest absolute Gasteiger partial charge is 0.231 e. The number of rotatable bonds is 7. The van der Waals surface area contributed by atoms with E-state index in [4.69, 9.17) is 15.9 Å². The number of amides is 2. The van der Waals surface area contributed by atoms with Gasteiger partial charge in [0.1, 0.15) is 5.58 Å². The lowest BCUT2D eigenvalue weighted by Crippen LogP contribution is -2.42. The second kappa shape index (κ2) is 6.19. The summed E-state index contributed by atoms with van der Waals surface area (Å²) in [5.41, 5.74) is 10.7. The molecule has 0 aliphatic heterocycles. The van der Waals surface area contributed by atoms with E-state index in [0.29, 0.717) is 5.58 Å². The molecule has 0 unspecified atom stereocenters. The molecule has 0 fully saturated rings. The molecule has 1 heterocycles. The van der Waals surface area contributed by atoms with E-state index in [9.17, 15) is 14.4 Å². The molecule has 4 N–H and O–H groups in total. The van der Waals surface area contributed by atoms with Crippen molar-refractivity contribution in [1.82, 2.24) is 4.90 Å². The third kappa shape index (κ3) is 3.90. The third-order valence-electron chi connectivity index (χ3n) is 2.83. The van der Waals surface area contributed by atoms with Crippen LogP contribution < -0.4 is 11.5 Å². The average molecular weight is 289 g/mol. The summed E-state index contributed by atoms with van der Waals surface area (Å²) in [7, 11) is 0. The lowest BCUT2D eigenvalue weighted by Gasteiger charge is -2.16. The maximum atomic E-state index is 12.1. The van der Waals surface area contributed by atoms with Crippen molar-refractivity contribution in [3.05, 3.63) is 36.1 Å².